The minimum atomic E-state index is -3.84. The van der Waals surface area contributed by atoms with Crippen LogP contribution in [0, 0.1) is 10.1 Å². The van der Waals surface area contributed by atoms with E-state index in [1.807, 2.05) is 4.83 Å². The molecule has 132 valence electrons. The van der Waals surface area contributed by atoms with E-state index in [4.69, 9.17) is 9.47 Å². The molecule has 2 aromatic rings. The Hall–Kier alpha value is -3.14. The fourth-order valence-corrected chi connectivity index (χ4v) is 2.78. The highest BCUT2D eigenvalue weighted by Crippen LogP contribution is 2.33. The molecule has 0 aliphatic rings. The molecular weight excluding hydrogens is 350 g/mol. The third-order valence-corrected chi connectivity index (χ3v) is 4.40. The third kappa shape index (κ3) is 4.23. The van der Waals surface area contributed by atoms with E-state index < -0.39 is 14.9 Å². The fourth-order valence-electron chi connectivity index (χ4n) is 1.97. The van der Waals surface area contributed by atoms with Gasteiger partial charge >= 0.3 is 5.69 Å². The molecule has 0 radical (unpaired) electrons. The van der Waals surface area contributed by atoms with Gasteiger partial charge in [-0.05, 0) is 12.1 Å². The minimum absolute atomic E-state index is 0.0175. The monoisotopic (exact) mass is 365 g/mol. The van der Waals surface area contributed by atoms with E-state index in [0.29, 0.717) is 0 Å². The molecule has 0 fully saturated rings. The van der Waals surface area contributed by atoms with Crippen molar-refractivity contribution in [3.63, 3.8) is 0 Å². The Morgan fingerprint density at radius 1 is 1.12 bits per heavy atom. The van der Waals surface area contributed by atoms with Gasteiger partial charge in [0.2, 0.25) is 5.75 Å². The Bertz CT molecular complexity index is 897. The van der Waals surface area contributed by atoms with Crippen LogP contribution in [0.25, 0.3) is 0 Å². The van der Waals surface area contributed by atoms with E-state index in [-0.39, 0.29) is 27.6 Å². The maximum atomic E-state index is 12.1. The number of hydrogen-bond donors (Lipinski definition) is 1. The molecule has 0 bridgehead atoms. The molecule has 0 spiro atoms. The maximum Gasteiger partial charge on any atom is 0.311 e. The van der Waals surface area contributed by atoms with E-state index >= 15 is 0 Å². The lowest BCUT2D eigenvalue weighted by atomic mass is 10.1. The largest absolute Gasteiger partial charge is 0.496 e. The lowest BCUT2D eigenvalue weighted by Gasteiger charge is -2.08. The summed E-state index contributed by atoms with van der Waals surface area (Å²) in [6.07, 6.45) is 1.12. The van der Waals surface area contributed by atoms with Crippen molar-refractivity contribution in [3.05, 3.63) is 58.1 Å². The second-order valence-corrected chi connectivity index (χ2v) is 6.35. The Morgan fingerprint density at radius 2 is 1.76 bits per heavy atom. The second kappa shape index (κ2) is 7.62. The molecule has 0 aromatic heterocycles. The molecule has 0 atom stereocenters. The van der Waals surface area contributed by atoms with Crippen LogP contribution in [-0.4, -0.2) is 33.8 Å². The number of hydrazone groups is 1. The Labute approximate surface area is 144 Å². The minimum Gasteiger partial charge on any atom is -0.496 e. The number of rotatable bonds is 7. The van der Waals surface area contributed by atoms with Crippen LogP contribution >= 0.6 is 0 Å². The van der Waals surface area contributed by atoms with Gasteiger partial charge in [0.15, 0.2) is 0 Å². The van der Waals surface area contributed by atoms with E-state index in [1.165, 1.54) is 38.5 Å². The van der Waals surface area contributed by atoms with Crippen molar-refractivity contribution in [2.45, 2.75) is 4.90 Å². The van der Waals surface area contributed by atoms with Gasteiger partial charge in [0.25, 0.3) is 10.0 Å². The zero-order valence-electron chi connectivity index (χ0n) is 13.4. The van der Waals surface area contributed by atoms with Gasteiger partial charge in [-0.25, -0.2) is 4.83 Å². The summed E-state index contributed by atoms with van der Waals surface area (Å²) in [5, 5.41) is 14.7. The number of nitrogens with one attached hydrogen (secondary N) is 1. The number of nitrogens with zero attached hydrogens (tertiary/aromatic N) is 2. The van der Waals surface area contributed by atoms with Gasteiger partial charge < -0.3 is 9.47 Å². The lowest BCUT2D eigenvalue weighted by molar-refractivity contribution is -0.385. The van der Waals surface area contributed by atoms with E-state index in [9.17, 15) is 18.5 Å². The van der Waals surface area contributed by atoms with Crippen LogP contribution in [-0.2, 0) is 10.0 Å². The molecule has 0 unspecified atom stereocenters. The molecule has 2 rings (SSSR count). The topological polar surface area (TPSA) is 120 Å². The summed E-state index contributed by atoms with van der Waals surface area (Å²) in [6, 6.07) is 10.2. The van der Waals surface area contributed by atoms with E-state index in [2.05, 4.69) is 5.10 Å². The van der Waals surface area contributed by atoms with Gasteiger partial charge in [-0.1, -0.05) is 18.2 Å². The number of nitro groups is 1. The van der Waals surface area contributed by atoms with Crippen molar-refractivity contribution in [2.24, 2.45) is 5.10 Å². The summed E-state index contributed by atoms with van der Waals surface area (Å²) in [4.78, 5) is 12.5. The van der Waals surface area contributed by atoms with Gasteiger partial charge in [0.05, 0.1) is 30.3 Å². The number of nitro benzene ring substituents is 1. The van der Waals surface area contributed by atoms with Crippen molar-refractivity contribution in [3.8, 4) is 11.5 Å². The smallest absolute Gasteiger partial charge is 0.311 e. The normalized spacial score (nSPS) is 11.3. The van der Waals surface area contributed by atoms with Crippen LogP contribution in [0.3, 0.4) is 0 Å². The summed E-state index contributed by atoms with van der Waals surface area (Å²) in [6.45, 7) is 0. The summed E-state index contributed by atoms with van der Waals surface area (Å²) in [5.41, 5.74) is -0.0820. The number of hydrogen-bond acceptors (Lipinski definition) is 7. The molecule has 25 heavy (non-hydrogen) atoms. The molecule has 0 heterocycles. The Kier molecular flexibility index (Phi) is 5.55. The first-order valence-electron chi connectivity index (χ1n) is 6.89. The summed E-state index contributed by atoms with van der Waals surface area (Å²) in [5.74, 6) is 0.258. The van der Waals surface area contributed by atoms with E-state index in [0.717, 1.165) is 6.21 Å². The average Bonchev–Trinajstić information content (AvgIpc) is 2.61. The number of benzene rings is 2. The van der Waals surface area contributed by atoms with Crippen LogP contribution in [0.5, 0.6) is 11.5 Å². The quantitative estimate of drug-likeness (QED) is 0.455. The standard InChI is InChI=1S/C15H15N3O6S/c1-23-14-9-15(24-2)13(18(19)20)8-11(14)10-16-17-25(21,22)12-6-4-3-5-7-12/h3-10,17H,1-2H3/b16-10+. The van der Waals surface area contributed by atoms with Crippen LogP contribution in [0.1, 0.15) is 5.56 Å². The third-order valence-electron chi connectivity index (χ3n) is 3.16. The van der Waals surface area contributed by atoms with Crippen LogP contribution in [0.2, 0.25) is 0 Å². The summed E-state index contributed by atoms with van der Waals surface area (Å²) < 4.78 is 34.2. The van der Waals surface area contributed by atoms with Gasteiger partial charge in [0.1, 0.15) is 5.75 Å². The van der Waals surface area contributed by atoms with Crippen LogP contribution in [0.4, 0.5) is 5.69 Å². The number of methoxy groups -OCH3 is 2. The molecule has 0 saturated heterocycles. The molecule has 2 aromatic carbocycles. The fraction of sp³-hybridized carbons (Fsp3) is 0.133. The van der Waals surface area contributed by atoms with Crippen molar-refractivity contribution in [2.75, 3.05) is 14.2 Å². The predicted octanol–water partition coefficient (Wildman–Crippen LogP) is 1.92. The summed E-state index contributed by atoms with van der Waals surface area (Å²) in [7, 11) is -1.17. The molecule has 9 nitrogen and oxygen atoms in total. The SMILES string of the molecule is COc1cc(OC)c([N+](=O)[O-])cc1/C=N/NS(=O)(=O)c1ccccc1. The molecular formula is C15H15N3O6S. The zero-order chi connectivity index (χ0) is 18.4. The molecule has 0 amide bonds. The van der Waals surface area contributed by atoms with Crippen LogP contribution in [0.15, 0.2) is 52.5 Å². The van der Waals surface area contributed by atoms with Gasteiger partial charge in [-0.15, -0.1) is 0 Å². The van der Waals surface area contributed by atoms with Gasteiger partial charge in [-0.3, -0.25) is 10.1 Å². The predicted molar refractivity (Wildman–Crippen MR) is 90.6 cm³/mol. The first-order valence-corrected chi connectivity index (χ1v) is 8.37. The molecule has 0 aliphatic carbocycles. The number of ether oxygens (including phenoxy) is 2. The highest BCUT2D eigenvalue weighted by molar-refractivity contribution is 7.89. The van der Waals surface area contributed by atoms with Crippen molar-refractivity contribution >= 4 is 21.9 Å². The molecule has 0 saturated carbocycles. The highest BCUT2D eigenvalue weighted by atomic mass is 32.2. The molecule has 0 aliphatic heterocycles. The van der Waals surface area contributed by atoms with Crippen LogP contribution < -0.4 is 14.3 Å². The lowest BCUT2D eigenvalue weighted by Crippen LogP contribution is -2.18. The van der Waals surface area contributed by atoms with Gasteiger partial charge in [-0.2, -0.15) is 13.5 Å². The average molecular weight is 365 g/mol. The first-order chi connectivity index (χ1) is 11.9. The van der Waals surface area contributed by atoms with Crippen molar-refractivity contribution in [1.82, 2.24) is 4.83 Å². The maximum absolute atomic E-state index is 12.1. The Morgan fingerprint density at radius 3 is 2.32 bits per heavy atom. The molecule has 1 N–H and O–H groups in total. The zero-order valence-corrected chi connectivity index (χ0v) is 14.2. The Balaban J connectivity index is 2.31. The first kappa shape index (κ1) is 18.2. The van der Waals surface area contributed by atoms with Gasteiger partial charge in [0, 0.05) is 17.7 Å². The second-order valence-electron chi connectivity index (χ2n) is 4.69. The van der Waals surface area contributed by atoms with E-state index in [1.54, 1.807) is 18.2 Å². The summed E-state index contributed by atoms with van der Waals surface area (Å²) >= 11 is 0. The number of sulfonamides is 1. The van der Waals surface area contributed by atoms with Crippen molar-refractivity contribution in [1.29, 1.82) is 0 Å². The highest BCUT2D eigenvalue weighted by Gasteiger charge is 2.19. The van der Waals surface area contributed by atoms with Crippen molar-refractivity contribution < 1.29 is 22.8 Å². The molecule has 10 heteroatoms.